The quantitative estimate of drug-likeness (QED) is 0.222. The number of carbonyl (C=O) groups is 5. The van der Waals surface area contributed by atoms with E-state index in [0.29, 0.717) is 17.0 Å². The zero-order valence-electron chi connectivity index (χ0n) is 24.6. The number of benzene rings is 2. The first-order valence-corrected chi connectivity index (χ1v) is 13.8. The van der Waals surface area contributed by atoms with Crippen LogP contribution in [0.1, 0.15) is 33.3 Å². The topological polar surface area (TPSA) is 168 Å². The maximum absolute atomic E-state index is 13.5. The Balaban J connectivity index is 1.62. The van der Waals surface area contributed by atoms with Crippen molar-refractivity contribution in [1.82, 2.24) is 5.32 Å². The number of anilines is 1. The van der Waals surface area contributed by atoms with Crippen LogP contribution in [-0.2, 0) is 47.8 Å². The first kappa shape index (κ1) is 31.9. The number of oxime groups is 1. The number of hydrogen-bond acceptors (Lipinski definition) is 12. The van der Waals surface area contributed by atoms with Crippen LogP contribution in [0.3, 0.4) is 0 Å². The number of para-hydroxylation sites is 2. The Bertz CT molecular complexity index is 1410. The lowest BCUT2D eigenvalue weighted by Crippen LogP contribution is -2.66. The molecule has 14 heteroatoms. The highest BCUT2D eigenvalue weighted by Gasteiger charge is 2.52. The maximum atomic E-state index is 13.5. The van der Waals surface area contributed by atoms with Crippen LogP contribution in [0.2, 0.25) is 0 Å². The molecule has 4 rings (SSSR count). The molecule has 0 saturated carbocycles. The highest BCUT2D eigenvalue weighted by atomic mass is 16.8. The van der Waals surface area contributed by atoms with Gasteiger partial charge in [-0.3, -0.25) is 24.0 Å². The fourth-order valence-electron chi connectivity index (χ4n) is 4.83. The highest BCUT2D eigenvalue weighted by molar-refractivity contribution is 6.54. The lowest BCUT2D eigenvalue weighted by molar-refractivity contribution is -0.278. The van der Waals surface area contributed by atoms with Crippen molar-refractivity contribution in [3.8, 4) is 5.75 Å². The van der Waals surface area contributed by atoms with E-state index in [4.69, 9.17) is 28.5 Å². The van der Waals surface area contributed by atoms with Gasteiger partial charge >= 0.3 is 17.9 Å². The number of nitrogens with zero attached hydrogens (tertiary/aromatic N) is 2. The molecule has 2 amide bonds. The molecule has 1 N–H and O–H groups in total. The van der Waals surface area contributed by atoms with Crippen LogP contribution in [0.5, 0.6) is 5.75 Å². The van der Waals surface area contributed by atoms with Gasteiger partial charge in [-0.05, 0) is 18.2 Å². The molecular formula is C30H33N3O11. The third-order valence-corrected chi connectivity index (χ3v) is 6.54. The second-order valence-electron chi connectivity index (χ2n) is 9.90. The molecule has 44 heavy (non-hydrogen) atoms. The Morgan fingerprint density at radius 3 is 2.20 bits per heavy atom. The van der Waals surface area contributed by atoms with E-state index in [1.165, 1.54) is 18.7 Å². The number of fused-ring (bicyclic) bond motifs is 1. The zero-order chi connectivity index (χ0) is 31.8. The molecule has 2 heterocycles. The molecule has 0 aromatic heterocycles. The molecule has 0 aliphatic carbocycles. The third-order valence-electron chi connectivity index (χ3n) is 6.54. The number of nitrogens with one attached hydrogen (secondary N) is 1. The smallest absolute Gasteiger partial charge is 0.303 e. The lowest BCUT2D eigenvalue weighted by atomic mass is 9.96. The molecular weight excluding hydrogens is 578 g/mol. The number of hydrogen-bond donors (Lipinski definition) is 1. The number of ether oxygens (including phenoxy) is 5. The molecule has 0 unspecified atom stereocenters. The minimum Gasteiger partial charge on any atom is -0.492 e. The van der Waals surface area contributed by atoms with E-state index in [2.05, 4.69) is 10.5 Å². The van der Waals surface area contributed by atoms with Gasteiger partial charge in [-0.15, -0.1) is 0 Å². The van der Waals surface area contributed by atoms with Crippen LogP contribution < -0.4 is 15.0 Å². The van der Waals surface area contributed by atoms with Crippen LogP contribution in [0.25, 0.3) is 0 Å². The summed E-state index contributed by atoms with van der Waals surface area (Å²) in [7, 11) is 0. The average molecular weight is 612 g/mol. The predicted octanol–water partition coefficient (Wildman–Crippen LogP) is 1.49. The van der Waals surface area contributed by atoms with Gasteiger partial charge in [-0.25, -0.2) is 0 Å². The van der Waals surface area contributed by atoms with Crippen LogP contribution in [0.4, 0.5) is 5.69 Å². The largest absolute Gasteiger partial charge is 0.492 e. The first-order chi connectivity index (χ1) is 21.0. The SMILES string of the molecule is CC(=O)N[C@@H]1[C@H](O/N=C2/C(=O)N(CCOc3ccccc3)c3ccccc32)O[C@H](COC(C)=O)[C@@H](OC(C)=O)[C@@H]1OC(C)=O. The van der Waals surface area contributed by atoms with Gasteiger partial charge in [0.25, 0.3) is 12.2 Å². The Morgan fingerprint density at radius 2 is 1.55 bits per heavy atom. The van der Waals surface area contributed by atoms with Crippen molar-refractivity contribution in [1.29, 1.82) is 0 Å². The van der Waals surface area contributed by atoms with Crippen LogP contribution in [0.15, 0.2) is 59.8 Å². The van der Waals surface area contributed by atoms with Gasteiger partial charge in [0.15, 0.2) is 17.9 Å². The van der Waals surface area contributed by atoms with Crippen molar-refractivity contribution in [2.24, 2.45) is 5.16 Å². The zero-order valence-corrected chi connectivity index (χ0v) is 24.6. The molecule has 0 spiro atoms. The van der Waals surface area contributed by atoms with E-state index >= 15 is 0 Å². The van der Waals surface area contributed by atoms with E-state index in [0.717, 1.165) is 13.8 Å². The van der Waals surface area contributed by atoms with Crippen molar-refractivity contribution in [3.05, 3.63) is 60.2 Å². The van der Waals surface area contributed by atoms with Crippen molar-refractivity contribution >= 4 is 41.1 Å². The summed E-state index contributed by atoms with van der Waals surface area (Å²) in [4.78, 5) is 68.6. The molecule has 14 nitrogen and oxygen atoms in total. The number of rotatable bonds is 11. The van der Waals surface area contributed by atoms with Crippen molar-refractivity contribution in [2.45, 2.75) is 58.3 Å². The van der Waals surface area contributed by atoms with Crippen molar-refractivity contribution < 1.29 is 52.5 Å². The van der Waals surface area contributed by atoms with Gasteiger partial charge in [0.2, 0.25) is 5.91 Å². The molecule has 2 aromatic carbocycles. The lowest BCUT2D eigenvalue weighted by Gasteiger charge is -2.43. The second kappa shape index (κ2) is 14.5. The van der Waals surface area contributed by atoms with Gasteiger partial charge in [0, 0.05) is 33.3 Å². The first-order valence-electron chi connectivity index (χ1n) is 13.8. The Kier molecular flexibility index (Phi) is 10.5. The number of amides is 2. The molecule has 0 radical (unpaired) electrons. The summed E-state index contributed by atoms with van der Waals surface area (Å²) in [6.07, 6.45) is -5.30. The summed E-state index contributed by atoms with van der Waals surface area (Å²) in [5.41, 5.74) is 1.02. The monoisotopic (exact) mass is 611 g/mol. The fourth-order valence-corrected chi connectivity index (χ4v) is 4.83. The molecule has 1 fully saturated rings. The van der Waals surface area contributed by atoms with Crippen molar-refractivity contribution in [2.75, 3.05) is 24.7 Å². The normalized spacial score (nSPS) is 23.4. The second-order valence-corrected chi connectivity index (χ2v) is 9.90. The number of carbonyl (C=O) groups excluding carboxylic acids is 5. The third kappa shape index (κ3) is 7.89. The van der Waals surface area contributed by atoms with Crippen molar-refractivity contribution in [3.63, 3.8) is 0 Å². The molecule has 1 saturated heterocycles. The maximum Gasteiger partial charge on any atom is 0.303 e. The standard InChI is InChI=1S/C30H33N3O11/c1-17(34)31-26-28(42-20(4)37)27(41-19(3)36)24(16-40-18(2)35)43-30(26)44-32-25-22-12-8-9-13-23(22)33(29(25)38)14-15-39-21-10-6-5-7-11-21/h5-13,24,26-28,30H,14-16H2,1-4H3,(H,31,34)/b32-25+/t24-,26+,27-,28-,30+/m1/s1. The highest BCUT2D eigenvalue weighted by Crippen LogP contribution is 2.31. The van der Waals surface area contributed by atoms with E-state index in [1.807, 2.05) is 18.2 Å². The summed E-state index contributed by atoms with van der Waals surface area (Å²) in [6.45, 7) is 4.65. The van der Waals surface area contributed by atoms with Gasteiger partial charge < -0.3 is 38.7 Å². The van der Waals surface area contributed by atoms with Gasteiger partial charge in [0.1, 0.15) is 31.1 Å². The van der Waals surface area contributed by atoms with Crippen LogP contribution in [0, 0.1) is 0 Å². The molecule has 2 aliphatic heterocycles. The Morgan fingerprint density at radius 1 is 0.886 bits per heavy atom. The summed E-state index contributed by atoms with van der Waals surface area (Å²) in [5.74, 6) is -2.51. The molecule has 2 aliphatic rings. The molecule has 5 atom stereocenters. The molecule has 234 valence electrons. The fraction of sp³-hybridized carbons (Fsp3) is 0.400. The Hall–Kier alpha value is -4.98. The Labute approximate surface area is 253 Å². The van der Waals surface area contributed by atoms with Crippen LogP contribution in [-0.4, -0.2) is 85.8 Å². The summed E-state index contributed by atoms with van der Waals surface area (Å²) in [6, 6.07) is 14.9. The summed E-state index contributed by atoms with van der Waals surface area (Å²) >= 11 is 0. The van der Waals surface area contributed by atoms with E-state index in [1.54, 1.807) is 36.4 Å². The van der Waals surface area contributed by atoms with E-state index in [-0.39, 0.29) is 18.9 Å². The summed E-state index contributed by atoms with van der Waals surface area (Å²) < 4.78 is 27.7. The minimum absolute atomic E-state index is 0.0480. The summed E-state index contributed by atoms with van der Waals surface area (Å²) in [5, 5.41) is 6.71. The van der Waals surface area contributed by atoms with Gasteiger partial charge in [-0.1, -0.05) is 41.6 Å². The van der Waals surface area contributed by atoms with Gasteiger partial charge in [0.05, 0.1) is 12.2 Å². The minimum atomic E-state index is -1.47. The van der Waals surface area contributed by atoms with E-state index < -0.39 is 67.0 Å². The van der Waals surface area contributed by atoms with E-state index in [9.17, 15) is 24.0 Å². The van der Waals surface area contributed by atoms with Gasteiger partial charge in [-0.2, -0.15) is 0 Å². The van der Waals surface area contributed by atoms with Crippen LogP contribution >= 0.6 is 0 Å². The predicted molar refractivity (Wildman–Crippen MR) is 152 cm³/mol. The average Bonchev–Trinajstić information content (AvgIpc) is 3.23. The number of esters is 3. The molecule has 2 aromatic rings. The molecule has 0 bridgehead atoms.